The number of carbonyl (C=O) groups is 1. The van der Waals surface area contributed by atoms with Crippen LogP contribution < -0.4 is 15.5 Å². The third kappa shape index (κ3) is 4.91. The topological polar surface area (TPSA) is 86.3 Å². The number of carbonyl (C=O) groups excluding carboxylic acids is 1. The third-order valence-corrected chi connectivity index (χ3v) is 5.56. The maximum absolute atomic E-state index is 12.7. The molecule has 2 aromatic heterocycles. The van der Waals surface area contributed by atoms with Gasteiger partial charge in [0.2, 0.25) is 0 Å². The van der Waals surface area contributed by atoms with Crippen LogP contribution in [-0.2, 0) is 0 Å². The van der Waals surface area contributed by atoms with Crippen molar-refractivity contribution in [2.24, 2.45) is 0 Å². The molecule has 2 N–H and O–H groups in total. The van der Waals surface area contributed by atoms with E-state index >= 15 is 0 Å². The predicted molar refractivity (Wildman–Crippen MR) is 123 cm³/mol. The molecule has 0 radical (unpaired) electrons. The zero-order valence-corrected chi connectivity index (χ0v) is 18.1. The summed E-state index contributed by atoms with van der Waals surface area (Å²) in [6.45, 7) is 8.76. The number of pyridine rings is 1. The van der Waals surface area contributed by atoms with Crippen LogP contribution in [0.4, 0.5) is 27.9 Å². The van der Waals surface area contributed by atoms with Gasteiger partial charge in [-0.3, -0.25) is 0 Å². The summed E-state index contributed by atoms with van der Waals surface area (Å²) in [6.07, 6.45) is 3.31. The molecule has 160 valence electrons. The Bertz CT molecular complexity index is 1080. The maximum Gasteiger partial charge on any atom is 0.321 e. The Morgan fingerprint density at radius 2 is 1.71 bits per heavy atom. The van der Waals surface area contributed by atoms with Crippen molar-refractivity contribution in [1.29, 1.82) is 0 Å². The summed E-state index contributed by atoms with van der Waals surface area (Å²) in [5.41, 5.74) is 4.25. The highest BCUT2D eigenvalue weighted by molar-refractivity contribution is 5.90. The molecule has 3 aromatic rings. The minimum atomic E-state index is -0.0658. The van der Waals surface area contributed by atoms with E-state index in [-0.39, 0.29) is 6.03 Å². The van der Waals surface area contributed by atoms with Crippen molar-refractivity contribution in [1.82, 2.24) is 19.9 Å². The van der Waals surface area contributed by atoms with Crippen LogP contribution in [0.2, 0.25) is 0 Å². The van der Waals surface area contributed by atoms with Crippen LogP contribution in [0.3, 0.4) is 0 Å². The van der Waals surface area contributed by atoms with E-state index in [9.17, 15) is 4.79 Å². The Labute approximate surface area is 182 Å². The number of piperazine rings is 1. The second-order valence-corrected chi connectivity index (χ2v) is 7.76. The van der Waals surface area contributed by atoms with E-state index in [1.54, 1.807) is 12.5 Å². The number of aromatic nitrogens is 3. The lowest BCUT2D eigenvalue weighted by molar-refractivity contribution is 0.208. The quantitative estimate of drug-likeness (QED) is 0.670. The number of aryl methyl sites for hydroxylation is 2. The minimum Gasteiger partial charge on any atom is -0.353 e. The van der Waals surface area contributed by atoms with E-state index < -0.39 is 0 Å². The number of urea groups is 1. The van der Waals surface area contributed by atoms with Gasteiger partial charge in [-0.05, 0) is 55.7 Å². The molecular formula is C23H27N7O. The average molecular weight is 418 g/mol. The molecule has 31 heavy (non-hydrogen) atoms. The van der Waals surface area contributed by atoms with Gasteiger partial charge in [0.1, 0.15) is 23.8 Å². The van der Waals surface area contributed by atoms with Gasteiger partial charge >= 0.3 is 6.03 Å². The van der Waals surface area contributed by atoms with Gasteiger partial charge in [-0.1, -0.05) is 12.1 Å². The minimum absolute atomic E-state index is 0.0658. The fourth-order valence-corrected chi connectivity index (χ4v) is 3.54. The van der Waals surface area contributed by atoms with Crippen LogP contribution in [0, 0.1) is 20.8 Å². The zero-order valence-electron chi connectivity index (χ0n) is 18.1. The first kappa shape index (κ1) is 20.6. The van der Waals surface area contributed by atoms with E-state index in [4.69, 9.17) is 0 Å². The maximum atomic E-state index is 12.7. The van der Waals surface area contributed by atoms with Crippen molar-refractivity contribution in [2.45, 2.75) is 20.8 Å². The fourth-order valence-electron chi connectivity index (χ4n) is 3.54. The predicted octanol–water partition coefficient (Wildman–Crippen LogP) is 3.89. The standard InChI is InChI=1S/C23H27N7O/c1-16-7-8-24-20(13-16)28-21-14-22(26-15-25-21)29-9-11-30(12-10-29)23(31)27-19-6-4-5-17(2)18(19)3/h4-8,13-15H,9-12H2,1-3H3,(H,27,31)(H,24,25,26,28). The van der Waals surface area contributed by atoms with Crippen LogP contribution in [-0.4, -0.2) is 52.1 Å². The highest BCUT2D eigenvalue weighted by Crippen LogP contribution is 2.21. The summed E-state index contributed by atoms with van der Waals surface area (Å²) in [7, 11) is 0. The molecule has 1 fully saturated rings. The molecule has 0 unspecified atom stereocenters. The Balaban J connectivity index is 1.36. The highest BCUT2D eigenvalue weighted by atomic mass is 16.2. The van der Waals surface area contributed by atoms with Crippen molar-refractivity contribution < 1.29 is 4.79 Å². The largest absolute Gasteiger partial charge is 0.353 e. The number of amides is 2. The number of benzene rings is 1. The molecule has 8 heteroatoms. The van der Waals surface area contributed by atoms with Gasteiger partial charge in [-0.15, -0.1) is 0 Å². The van der Waals surface area contributed by atoms with Gasteiger partial charge in [0.25, 0.3) is 0 Å². The molecule has 0 spiro atoms. The second kappa shape index (κ2) is 8.99. The molecule has 4 rings (SSSR count). The first-order valence-corrected chi connectivity index (χ1v) is 10.4. The van der Waals surface area contributed by atoms with Crippen molar-refractivity contribution in [3.63, 3.8) is 0 Å². The van der Waals surface area contributed by atoms with E-state index in [0.29, 0.717) is 32.0 Å². The fraction of sp³-hybridized carbons (Fsp3) is 0.304. The second-order valence-electron chi connectivity index (χ2n) is 7.76. The Kier molecular flexibility index (Phi) is 5.97. The lowest BCUT2D eigenvalue weighted by Gasteiger charge is -2.35. The molecule has 1 aliphatic heterocycles. The third-order valence-electron chi connectivity index (χ3n) is 5.56. The summed E-state index contributed by atoms with van der Waals surface area (Å²) in [5, 5.41) is 6.27. The van der Waals surface area contributed by atoms with Gasteiger partial charge in [0, 0.05) is 44.1 Å². The van der Waals surface area contributed by atoms with Gasteiger partial charge in [0.05, 0.1) is 0 Å². The molecule has 1 aromatic carbocycles. The molecular weight excluding hydrogens is 390 g/mol. The molecule has 1 saturated heterocycles. The SMILES string of the molecule is Cc1ccnc(Nc2cc(N3CCN(C(=O)Nc4cccc(C)c4C)CC3)ncn2)c1. The van der Waals surface area contributed by atoms with Crippen LogP contribution in [0.15, 0.2) is 48.9 Å². The van der Waals surface area contributed by atoms with Gasteiger partial charge in [-0.25, -0.2) is 19.7 Å². The summed E-state index contributed by atoms with van der Waals surface area (Å²) in [6, 6.07) is 11.7. The van der Waals surface area contributed by atoms with Crippen LogP contribution in [0.1, 0.15) is 16.7 Å². The Hall–Kier alpha value is -3.68. The van der Waals surface area contributed by atoms with E-state index in [1.807, 2.05) is 62.1 Å². The summed E-state index contributed by atoms with van der Waals surface area (Å²) in [5.74, 6) is 2.27. The molecule has 2 amide bonds. The van der Waals surface area contributed by atoms with Crippen LogP contribution in [0.5, 0.6) is 0 Å². The highest BCUT2D eigenvalue weighted by Gasteiger charge is 2.22. The number of rotatable bonds is 4. The van der Waals surface area contributed by atoms with E-state index in [0.717, 1.165) is 34.0 Å². The van der Waals surface area contributed by atoms with Gasteiger partial charge in [0.15, 0.2) is 0 Å². The first-order valence-electron chi connectivity index (χ1n) is 10.4. The number of hydrogen-bond donors (Lipinski definition) is 2. The first-order chi connectivity index (χ1) is 15.0. The average Bonchev–Trinajstić information content (AvgIpc) is 2.77. The Morgan fingerprint density at radius 1 is 0.935 bits per heavy atom. The van der Waals surface area contributed by atoms with Crippen LogP contribution in [0.25, 0.3) is 0 Å². The van der Waals surface area contributed by atoms with Gasteiger partial charge < -0.3 is 20.4 Å². The van der Waals surface area contributed by atoms with Crippen molar-refractivity contribution in [2.75, 3.05) is 41.7 Å². The van der Waals surface area contributed by atoms with Crippen molar-refractivity contribution in [3.05, 3.63) is 65.6 Å². The zero-order chi connectivity index (χ0) is 21.8. The molecule has 0 bridgehead atoms. The monoisotopic (exact) mass is 417 g/mol. The number of hydrogen-bond acceptors (Lipinski definition) is 6. The molecule has 8 nitrogen and oxygen atoms in total. The normalized spacial score (nSPS) is 13.8. The van der Waals surface area contributed by atoms with Crippen molar-refractivity contribution in [3.8, 4) is 0 Å². The number of anilines is 4. The van der Waals surface area contributed by atoms with E-state index in [1.165, 1.54) is 0 Å². The lowest BCUT2D eigenvalue weighted by atomic mass is 10.1. The Morgan fingerprint density at radius 3 is 2.48 bits per heavy atom. The summed E-state index contributed by atoms with van der Waals surface area (Å²) in [4.78, 5) is 29.8. The molecule has 0 atom stereocenters. The molecule has 1 aliphatic rings. The summed E-state index contributed by atoms with van der Waals surface area (Å²) >= 11 is 0. The summed E-state index contributed by atoms with van der Waals surface area (Å²) < 4.78 is 0. The lowest BCUT2D eigenvalue weighted by Crippen LogP contribution is -2.50. The smallest absolute Gasteiger partial charge is 0.321 e. The van der Waals surface area contributed by atoms with Gasteiger partial charge in [-0.2, -0.15) is 0 Å². The number of nitrogens with zero attached hydrogens (tertiary/aromatic N) is 5. The van der Waals surface area contributed by atoms with E-state index in [2.05, 4.69) is 30.5 Å². The van der Waals surface area contributed by atoms with Crippen LogP contribution >= 0.6 is 0 Å². The molecule has 0 saturated carbocycles. The number of nitrogens with one attached hydrogen (secondary N) is 2. The molecule has 0 aliphatic carbocycles. The van der Waals surface area contributed by atoms with Crippen molar-refractivity contribution >= 4 is 29.2 Å². The molecule has 3 heterocycles.